The summed E-state index contributed by atoms with van der Waals surface area (Å²) >= 11 is 3.93. The number of thiophene rings is 1. The highest BCUT2D eigenvalue weighted by atomic mass is 32.2. The van der Waals surface area contributed by atoms with Gasteiger partial charge in [-0.15, -0.1) is 11.3 Å². The molecule has 1 aromatic heterocycles. The van der Waals surface area contributed by atoms with Crippen molar-refractivity contribution >= 4 is 33.2 Å². The topological polar surface area (TPSA) is 12.0 Å². The van der Waals surface area contributed by atoms with E-state index >= 15 is 0 Å². The molecule has 0 bridgehead atoms. The molecule has 3 heteroatoms. The predicted octanol–water partition coefficient (Wildman–Crippen LogP) is 5.08. The van der Waals surface area contributed by atoms with Crippen molar-refractivity contribution < 1.29 is 0 Å². The van der Waals surface area contributed by atoms with Gasteiger partial charge in [0.15, 0.2) is 0 Å². The van der Waals surface area contributed by atoms with Crippen molar-refractivity contribution in [3.8, 4) is 0 Å². The van der Waals surface area contributed by atoms with Gasteiger partial charge in [-0.3, -0.25) is 0 Å². The average Bonchev–Trinajstić information content (AvgIpc) is 2.83. The number of fused-ring (bicyclic) bond motifs is 1. The van der Waals surface area contributed by atoms with E-state index in [4.69, 9.17) is 0 Å². The minimum Gasteiger partial charge on any atom is -0.307 e. The Morgan fingerprint density at radius 3 is 2.79 bits per heavy atom. The lowest BCUT2D eigenvalue weighted by Gasteiger charge is -2.18. The lowest BCUT2D eigenvalue weighted by atomic mass is 10.2. The van der Waals surface area contributed by atoms with Crippen molar-refractivity contribution in [2.75, 3.05) is 11.5 Å². The second kappa shape index (κ2) is 7.32. The molecule has 0 saturated carbocycles. The van der Waals surface area contributed by atoms with Gasteiger partial charge in [-0.1, -0.05) is 25.1 Å². The highest BCUT2D eigenvalue weighted by molar-refractivity contribution is 7.99. The molecule has 0 amide bonds. The number of hydrogen-bond acceptors (Lipinski definition) is 3. The van der Waals surface area contributed by atoms with Crippen LogP contribution >= 0.6 is 23.1 Å². The van der Waals surface area contributed by atoms with Gasteiger partial charge in [0.25, 0.3) is 0 Å². The lowest BCUT2D eigenvalue weighted by molar-refractivity contribution is 0.476. The van der Waals surface area contributed by atoms with Crippen molar-refractivity contribution in [3.05, 3.63) is 35.2 Å². The third-order valence-corrected chi connectivity index (χ3v) is 5.54. The predicted molar refractivity (Wildman–Crippen MR) is 90.5 cm³/mol. The number of nitrogens with one attached hydrogen (secondary N) is 1. The summed E-state index contributed by atoms with van der Waals surface area (Å²) in [6.07, 6.45) is 1.24. The maximum atomic E-state index is 3.71. The first kappa shape index (κ1) is 14.9. The molecule has 0 aliphatic heterocycles. The van der Waals surface area contributed by atoms with Crippen LogP contribution in [0.15, 0.2) is 30.3 Å². The Bertz CT molecular complexity index is 473. The van der Waals surface area contributed by atoms with E-state index in [2.05, 4.69) is 56.4 Å². The van der Waals surface area contributed by atoms with E-state index in [9.17, 15) is 0 Å². The van der Waals surface area contributed by atoms with Crippen LogP contribution < -0.4 is 5.32 Å². The van der Waals surface area contributed by atoms with Gasteiger partial charge >= 0.3 is 0 Å². The molecule has 0 radical (unpaired) electrons. The third-order valence-electron chi connectivity index (χ3n) is 3.31. The summed E-state index contributed by atoms with van der Waals surface area (Å²) < 4.78 is 1.39. The zero-order valence-electron chi connectivity index (χ0n) is 12.0. The van der Waals surface area contributed by atoms with Gasteiger partial charge in [0.2, 0.25) is 0 Å². The molecule has 0 saturated heterocycles. The van der Waals surface area contributed by atoms with Gasteiger partial charge in [0.1, 0.15) is 0 Å². The molecule has 0 aliphatic rings. The number of rotatable bonds is 7. The summed E-state index contributed by atoms with van der Waals surface area (Å²) in [4.78, 5) is 1.44. The second-order valence-electron chi connectivity index (χ2n) is 4.96. The second-order valence-corrected chi connectivity index (χ2v) is 7.47. The monoisotopic (exact) mass is 293 g/mol. The maximum absolute atomic E-state index is 3.71. The van der Waals surface area contributed by atoms with Crippen molar-refractivity contribution in [1.82, 2.24) is 5.32 Å². The number of hydrogen-bond donors (Lipinski definition) is 1. The fourth-order valence-corrected chi connectivity index (χ4v) is 4.10. The zero-order valence-corrected chi connectivity index (χ0v) is 13.6. The molecule has 1 heterocycles. The zero-order chi connectivity index (χ0) is 13.7. The van der Waals surface area contributed by atoms with E-state index in [1.54, 1.807) is 0 Å². The molecule has 2 atom stereocenters. The molecule has 0 aliphatic carbocycles. The molecule has 1 N–H and O–H groups in total. The van der Waals surface area contributed by atoms with E-state index in [-0.39, 0.29) is 0 Å². The molecule has 0 fully saturated rings. The summed E-state index contributed by atoms with van der Waals surface area (Å²) in [5.74, 6) is 2.47. The van der Waals surface area contributed by atoms with Crippen LogP contribution in [0, 0.1) is 0 Å². The van der Waals surface area contributed by atoms with Gasteiger partial charge in [0, 0.05) is 21.7 Å². The molecule has 0 spiro atoms. The Hall–Kier alpha value is -0.510. The number of thioether (sulfide) groups is 1. The molecule has 19 heavy (non-hydrogen) atoms. The number of benzene rings is 1. The summed E-state index contributed by atoms with van der Waals surface area (Å²) in [6, 6.07) is 12.0. The first-order valence-corrected chi connectivity index (χ1v) is 9.00. The van der Waals surface area contributed by atoms with Gasteiger partial charge in [0.05, 0.1) is 0 Å². The first-order chi connectivity index (χ1) is 9.20. The maximum Gasteiger partial charge on any atom is 0.0388 e. The van der Waals surface area contributed by atoms with Crippen molar-refractivity contribution in [3.63, 3.8) is 0 Å². The van der Waals surface area contributed by atoms with Gasteiger partial charge < -0.3 is 5.32 Å². The normalized spacial score (nSPS) is 14.7. The van der Waals surface area contributed by atoms with Crippen LogP contribution in [0.3, 0.4) is 0 Å². The minimum atomic E-state index is 0.444. The van der Waals surface area contributed by atoms with Crippen molar-refractivity contribution in [1.29, 1.82) is 0 Å². The van der Waals surface area contributed by atoms with Crippen LogP contribution in [-0.2, 0) is 0 Å². The molecular formula is C16H23NS2. The SMILES string of the molecule is CCSCCC(C)NC(C)c1cc2ccccc2s1. The van der Waals surface area contributed by atoms with Gasteiger partial charge in [-0.05, 0) is 49.3 Å². The summed E-state index contributed by atoms with van der Waals surface area (Å²) in [6.45, 7) is 6.79. The minimum absolute atomic E-state index is 0.444. The quantitative estimate of drug-likeness (QED) is 0.714. The molecule has 104 valence electrons. The van der Waals surface area contributed by atoms with Crippen LogP contribution in [-0.4, -0.2) is 17.5 Å². The molecule has 2 rings (SSSR count). The Kier molecular flexibility index (Phi) is 5.74. The van der Waals surface area contributed by atoms with Gasteiger partial charge in [-0.2, -0.15) is 11.8 Å². The van der Waals surface area contributed by atoms with Crippen molar-refractivity contribution in [2.45, 2.75) is 39.3 Å². The van der Waals surface area contributed by atoms with E-state index in [0.717, 1.165) is 0 Å². The first-order valence-electron chi connectivity index (χ1n) is 7.03. The smallest absolute Gasteiger partial charge is 0.0388 e. The Morgan fingerprint density at radius 1 is 1.26 bits per heavy atom. The van der Waals surface area contributed by atoms with Crippen LogP contribution in [0.2, 0.25) is 0 Å². The van der Waals surface area contributed by atoms with Crippen LogP contribution in [0.5, 0.6) is 0 Å². The van der Waals surface area contributed by atoms with Crippen LogP contribution in [0.1, 0.15) is 38.1 Å². The Labute approximate surface area is 124 Å². The fraction of sp³-hybridized carbons (Fsp3) is 0.500. The van der Waals surface area contributed by atoms with Crippen LogP contribution in [0.4, 0.5) is 0 Å². The van der Waals surface area contributed by atoms with Gasteiger partial charge in [-0.25, -0.2) is 0 Å². The summed E-state index contributed by atoms with van der Waals surface area (Å²) in [7, 11) is 0. The molecule has 2 aromatic rings. The summed E-state index contributed by atoms with van der Waals surface area (Å²) in [5, 5.41) is 5.08. The highest BCUT2D eigenvalue weighted by Crippen LogP contribution is 2.29. The molecular weight excluding hydrogens is 270 g/mol. The largest absolute Gasteiger partial charge is 0.307 e. The molecule has 1 nitrogen and oxygen atoms in total. The lowest BCUT2D eigenvalue weighted by Crippen LogP contribution is -2.28. The van der Waals surface area contributed by atoms with E-state index < -0.39 is 0 Å². The third kappa shape index (κ3) is 4.23. The molecule has 1 aromatic carbocycles. The van der Waals surface area contributed by atoms with E-state index in [0.29, 0.717) is 12.1 Å². The van der Waals surface area contributed by atoms with E-state index in [1.165, 1.54) is 32.9 Å². The Balaban J connectivity index is 1.93. The highest BCUT2D eigenvalue weighted by Gasteiger charge is 2.12. The fourth-order valence-electron chi connectivity index (χ4n) is 2.21. The average molecular weight is 294 g/mol. The van der Waals surface area contributed by atoms with Crippen molar-refractivity contribution in [2.24, 2.45) is 0 Å². The standard InChI is InChI=1S/C16H23NS2/c1-4-18-10-9-12(2)17-13(3)16-11-14-7-5-6-8-15(14)19-16/h5-8,11-13,17H,4,9-10H2,1-3H3. The summed E-state index contributed by atoms with van der Waals surface area (Å²) in [5.41, 5.74) is 0. The Morgan fingerprint density at radius 2 is 2.05 bits per heavy atom. The van der Waals surface area contributed by atoms with E-state index in [1.807, 2.05) is 23.1 Å². The molecule has 2 unspecified atom stereocenters. The van der Waals surface area contributed by atoms with Crippen LogP contribution in [0.25, 0.3) is 10.1 Å².